The van der Waals surface area contributed by atoms with Gasteiger partial charge in [-0.25, -0.2) is 0 Å². The fraction of sp³-hybridized carbons (Fsp3) is 0.588. The van der Waals surface area contributed by atoms with Crippen LogP contribution in [0.2, 0.25) is 0 Å². The van der Waals surface area contributed by atoms with Crippen LogP contribution in [-0.4, -0.2) is 11.9 Å². The third kappa shape index (κ3) is 4.34. The van der Waals surface area contributed by atoms with Gasteiger partial charge >= 0.3 is 0 Å². The van der Waals surface area contributed by atoms with Crippen molar-refractivity contribution in [2.24, 2.45) is 11.7 Å². The van der Waals surface area contributed by atoms with Crippen LogP contribution in [0.5, 0.6) is 0 Å². The number of carbonyl (C=O) groups is 1. The van der Waals surface area contributed by atoms with Crippen LogP contribution >= 0.6 is 0 Å². The predicted molar refractivity (Wildman–Crippen MR) is 84.5 cm³/mol. The van der Waals surface area contributed by atoms with Crippen LogP contribution in [0.1, 0.15) is 64.1 Å². The van der Waals surface area contributed by atoms with Crippen molar-refractivity contribution in [2.45, 2.75) is 59.0 Å². The van der Waals surface area contributed by atoms with Crippen LogP contribution in [0.25, 0.3) is 0 Å². The third-order valence-electron chi connectivity index (χ3n) is 3.85. The van der Waals surface area contributed by atoms with Crippen molar-refractivity contribution in [2.75, 3.05) is 0 Å². The van der Waals surface area contributed by atoms with Gasteiger partial charge in [0, 0.05) is 0 Å². The molecule has 0 fully saturated rings. The molecule has 0 aliphatic carbocycles. The van der Waals surface area contributed by atoms with Gasteiger partial charge in [0.15, 0.2) is 0 Å². The molecule has 0 heterocycles. The maximum Gasteiger partial charge on any atom is 0.237 e. The molecule has 0 spiro atoms. The lowest BCUT2D eigenvalue weighted by Gasteiger charge is -2.24. The minimum atomic E-state index is -0.476. The van der Waals surface area contributed by atoms with Gasteiger partial charge < -0.3 is 11.1 Å². The van der Waals surface area contributed by atoms with Crippen LogP contribution in [0.3, 0.4) is 0 Å². The SMILES string of the molecule is CCC(C)c1ccc(C(NC(=O)[C@H](C)N)C(C)C)cc1. The molecule has 20 heavy (non-hydrogen) atoms. The Morgan fingerprint density at radius 2 is 1.60 bits per heavy atom. The van der Waals surface area contributed by atoms with Crippen LogP contribution in [-0.2, 0) is 4.79 Å². The van der Waals surface area contributed by atoms with Crippen molar-refractivity contribution in [3.63, 3.8) is 0 Å². The maximum atomic E-state index is 11.8. The molecule has 112 valence electrons. The molecule has 1 aromatic rings. The number of hydrogen-bond acceptors (Lipinski definition) is 2. The number of amides is 1. The minimum absolute atomic E-state index is 0.0134. The molecule has 0 radical (unpaired) electrons. The Labute approximate surface area is 122 Å². The largest absolute Gasteiger partial charge is 0.348 e. The van der Waals surface area contributed by atoms with Crippen molar-refractivity contribution in [3.05, 3.63) is 35.4 Å². The normalized spacial score (nSPS) is 15.8. The molecular formula is C17H28N2O. The van der Waals surface area contributed by atoms with Crippen LogP contribution in [0, 0.1) is 5.92 Å². The number of nitrogens with two attached hydrogens (primary N) is 1. The molecule has 0 bridgehead atoms. The summed E-state index contributed by atoms with van der Waals surface area (Å²) in [5.74, 6) is 0.794. The van der Waals surface area contributed by atoms with Crippen LogP contribution in [0.4, 0.5) is 0 Å². The van der Waals surface area contributed by atoms with Gasteiger partial charge in [-0.15, -0.1) is 0 Å². The molecule has 3 atom stereocenters. The van der Waals surface area contributed by atoms with E-state index in [1.54, 1.807) is 6.92 Å². The van der Waals surface area contributed by atoms with E-state index in [0.29, 0.717) is 11.8 Å². The first-order chi connectivity index (χ1) is 9.36. The number of hydrogen-bond donors (Lipinski definition) is 2. The summed E-state index contributed by atoms with van der Waals surface area (Å²) in [4.78, 5) is 11.8. The van der Waals surface area contributed by atoms with Gasteiger partial charge in [0.1, 0.15) is 0 Å². The van der Waals surface area contributed by atoms with Crippen LogP contribution in [0.15, 0.2) is 24.3 Å². The van der Waals surface area contributed by atoms with Gasteiger partial charge in [0.05, 0.1) is 12.1 Å². The molecule has 2 unspecified atom stereocenters. The fourth-order valence-electron chi connectivity index (χ4n) is 2.19. The first-order valence-electron chi connectivity index (χ1n) is 7.52. The summed E-state index contributed by atoms with van der Waals surface area (Å²) in [6.45, 7) is 10.3. The maximum absolute atomic E-state index is 11.8. The van der Waals surface area contributed by atoms with Gasteiger partial charge in [-0.05, 0) is 36.3 Å². The Balaban J connectivity index is 2.90. The highest BCUT2D eigenvalue weighted by molar-refractivity contribution is 5.81. The van der Waals surface area contributed by atoms with E-state index in [2.05, 4.69) is 57.3 Å². The second kappa shape index (κ2) is 7.44. The van der Waals surface area contributed by atoms with Crippen molar-refractivity contribution in [1.82, 2.24) is 5.32 Å². The first-order valence-corrected chi connectivity index (χ1v) is 7.52. The Bertz CT molecular complexity index is 423. The number of benzene rings is 1. The average molecular weight is 276 g/mol. The number of nitrogens with one attached hydrogen (secondary N) is 1. The standard InChI is InChI=1S/C17H28N2O/c1-6-12(4)14-7-9-15(10-8-14)16(11(2)3)19-17(20)13(5)18/h7-13,16H,6,18H2,1-5H3,(H,19,20)/t12?,13-,16?/m0/s1. The second-order valence-electron chi connectivity index (χ2n) is 5.99. The summed E-state index contributed by atoms with van der Waals surface area (Å²) in [5.41, 5.74) is 8.12. The average Bonchev–Trinajstić information content (AvgIpc) is 2.43. The van der Waals surface area contributed by atoms with E-state index in [1.807, 2.05) is 0 Å². The molecule has 3 nitrogen and oxygen atoms in total. The third-order valence-corrected chi connectivity index (χ3v) is 3.85. The zero-order valence-corrected chi connectivity index (χ0v) is 13.3. The van der Waals surface area contributed by atoms with E-state index in [4.69, 9.17) is 5.73 Å². The molecule has 1 amide bonds. The van der Waals surface area contributed by atoms with Crippen molar-refractivity contribution in [3.8, 4) is 0 Å². The van der Waals surface area contributed by atoms with Gasteiger partial charge in [0.25, 0.3) is 0 Å². The molecule has 0 aliphatic heterocycles. The van der Waals surface area contributed by atoms with Crippen molar-refractivity contribution in [1.29, 1.82) is 0 Å². The molecule has 1 aromatic carbocycles. The molecule has 1 rings (SSSR count). The highest BCUT2D eigenvalue weighted by Gasteiger charge is 2.20. The lowest BCUT2D eigenvalue weighted by atomic mass is 9.92. The van der Waals surface area contributed by atoms with Crippen molar-refractivity contribution < 1.29 is 4.79 Å². The second-order valence-corrected chi connectivity index (χ2v) is 5.99. The van der Waals surface area contributed by atoms with E-state index in [-0.39, 0.29) is 11.9 Å². The predicted octanol–water partition coefficient (Wildman–Crippen LogP) is 3.36. The Hall–Kier alpha value is -1.35. The molecule has 0 saturated heterocycles. The zero-order valence-electron chi connectivity index (χ0n) is 13.3. The van der Waals surface area contributed by atoms with Crippen LogP contribution < -0.4 is 11.1 Å². The van der Waals surface area contributed by atoms with Gasteiger partial charge in [-0.3, -0.25) is 4.79 Å². The molecule has 3 heteroatoms. The van der Waals surface area contributed by atoms with Gasteiger partial charge in [-0.1, -0.05) is 52.0 Å². The Kier molecular flexibility index (Phi) is 6.21. The van der Waals surface area contributed by atoms with E-state index in [9.17, 15) is 4.79 Å². The van der Waals surface area contributed by atoms with E-state index in [0.717, 1.165) is 12.0 Å². The van der Waals surface area contributed by atoms with E-state index in [1.165, 1.54) is 5.56 Å². The Morgan fingerprint density at radius 3 is 2.00 bits per heavy atom. The monoisotopic (exact) mass is 276 g/mol. The molecular weight excluding hydrogens is 248 g/mol. The molecule has 0 aliphatic rings. The smallest absolute Gasteiger partial charge is 0.237 e. The summed E-state index contributed by atoms with van der Waals surface area (Å²) >= 11 is 0. The highest BCUT2D eigenvalue weighted by atomic mass is 16.2. The topological polar surface area (TPSA) is 55.1 Å². The molecule has 0 aromatic heterocycles. The lowest BCUT2D eigenvalue weighted by molar-refractivity contribution is -0.123. The summed E-state index contributed by atoms with van der Waals surface area (Å²) < 4.78 is 0. The number of rotatable bonds is 6. The van der Waals surface area contributed by atoms with Crippen molar-refractivity contribution >= 4 is 5.91 Å². The highest BCUT2D eigenvalue weighted by Crippen LogP contribution is 2.25. The van der Waals surface area contributed by atoms with E-state index < -0.39 is 6.04 Å². The van der Waals surface area contributed by atoms with E-state index >= 15 is 0 Å². The summed E-state index contributed by atoms with van der Waals surface area (Å²) in [6, 6.07) is 8.10. The van der Waals surface area contributed by atoms with Gasteiger partial charge in [-0.2, -0.15) is 0 Å². The fourth-order valence-corrected chi connectivity index (χ4v) is 2.19. The molecule has 3 N–H and O–H groups in total. The summed E-state index contributed by atoms with van der Waals surface area (Å²) in [5, 5.41) is 3.03. The molecule has 0 saturated carbocycles. The summed E-state index contributed by atoms with van der Waals surface area (Å²) in [7, 11) is 0. The Morgan fingerprint density at radius 1 is 1.10 bits per heavy atom. The number of carbonyl (C=O) groups excluding carboxylic acids is 1. The zero-order chi connectivity index (χ0) is 15.3. The first kappa shape index (κ1) is 16.7. The summed E-state index contributed by atoms with van der Waals surface area (Å²) in [6.07, 6.45) is 1.13. The quantitative estimate of drug-likeness (QED) is 0.837. The lowest BCUT2D eigenvalue weighted by Crippen LogP contribution is -2.41. The van der Waals surface area contributed by atoms with Gasteiger partial charge in [0.2, 0.25) is 5.91 Å². The minimum Gasteiger partial charge on any atom is -0.348 e.